The number of rotatable bonds is 5. The highest BCUT2D eigenvalue weighted by Crippen LogP contribution is 2.27. The van der Waals surface area contributed by atoms with E-state index in [9.17, 15) is 8.42 Å². The Kier molecular flexibility index (Phi) is 4.57. The number of nitrogens with zero attached hydrogens (tertiary/aromatic N) is 3. The number of hydrogen-bond acceptors (Lipinski definition) is 6. The highest BCUT2D eigenvalue weighted by molar-refractivity contribution is 7.93. The van der Waals surface area contributed by atoms with Crippen molar-refractivity contribution >= 4 is 21.4 Å². The quantitative estimate of drug-likeness (QED) is 0.725. The first-order valence-electron chi connectivity index (χ1n) is 8.79. The summed E-state index contributed by atoms with van der Waals surface area (Å²) in [5, 5.41) is 11.5. The number of anilines is 2. The van der Waals surface area contributed by atoms with Crippen LogP contribution in [0.15, 0.2) is 59.0 Å². The van der Waals surface area contributed by atoms with Gasteiger partial charge >= 0.3 is 0 Å². The van der Waals surface area contributed by atoms with Gasteiger partial charge in [0.1, 0.15) is 6.04 Å². The summed E-state index contributed by atoms with van der Waals surface area (Å²) in [5.41, 5.74) is 2.41. The van der Waals surface area contributed by atoms with E-state index < -0.39 is 10.0 Å². The molecule has 0 radical (unpaired) electrons. The van der Waals surface area contributed by atoms with Gasteiger partial charge in [-0.25, -0.2) is 8.42 Å². The summed E-state index contributed by atoms with van der Waals surface area (Å²) in [6.07, 6.45) is 0.667. The molecular formula is C19H20N4O3S. The third-order valence-corrected chi connectivity index (χ3v) is 6.34. The standard InChI is InChI=1S/C19H20N4O3S/c1-14(18-21-22-19(26-18)15-6-3-2-4-7-15)20-16-8-10-17(11-9-16)23-12-5-13-27(23,24)25/h2-4,6-11,14,20H,5,12-13H2,1H3/t14-/m0/s1. The zero-order valence-corrected chi connectivity index (χ0v) is 15.7. The fraction of sp³-hybridized carbons (Fsp3) is 0.263. The van der Waals surface area contributed by atoms with Crippen LogP contribution in [0, 0.1) is 0 Å². The molecule has 4 rings (SSSR count). The van der Waals surface area contributed by atoms with E-state index >= 15 is 0 Å². The molecule has 0 unspecified atom stereocenters. The van der Waals surface area contributed by atoms with Crippen molar-refractivity contribution in [1.29, 1.82) is 0 Å². The van der Waals surface area contributed by atoms with Gasteiger partial charge in [-0.3, -0.25) is 4.31 Å². The molecule has 2 aromatic carbocycles. The largest absolute Gasteiger partial charge is 0.418 e. The van der Waals surface area contributed by atoms with Crippen LogP contribution in [0.4, 0.5) is 11.4 Å². The average Bonchev–Trinajstić information content (AvgIpc) is 3.30. The van der Waals surface area contributed by atoms with Crippen LogP contribution < -0.4 is 9.62 Å². The molecule has 1 saturated heterocycles. The Morgan fingerprint density at radius 1 is 1.07 bits per heavy atom. The lowest BCUT2D eigenvalue weighted by Gasteiger charge is -2.18. The molecule has 0 saturated carbocycles. The average molecular weight is 384 g/mol. The molecule has 0 aliphatic carbocycles. The van der Waals surface area contributed by atoms with Crippen LogP contribution in [0.5, 0.6) is 0 Å². The molecule has 3 aromatic rings. The summed E-state index contributed by atoms with van der Waals surface area (Å²) >= 11 is 0. The van der Waals surface area contributed by atoms with Gasteiger partial charge in [-0.05, 0) is 49.7 Å². The summed E-state index contributed by atoms with van der Waals surface area (Å²) in [4.78, 5) is 0. The van der Waals surface area contributed by atoms with Gasteiger partial charge in [-0.2, -0.15) is 0 Å². The third kappa shape index (κ3) is 3.66. The van der Waals surface area contributed by atoms with E-state index in [1.54, 1.807) is 12.1 Å². The zero-order chi connectivity index (χ0) is 18.9. The number of hydrogen-bond donors (Lipinski definition) is 1. The maximum atomic E-state index is 12.0. The number of aromatic nitrogens is 2. The number of sulfonamides is 1. The van der Waals surface area contributed by atoms with E-state index in [1.807, 2.05) is 49.4 Å². The molecule has 1 aliphatic heterocycles. The van der Waals surface area contributed by atoms with Gasteiger partial charge in [0, 0.05) is 17.8 Å². The maximum absolute atomic E-state index is 12.0. The van der Waals surface area contributed by atoms with Gasteiger partial charge in [-0.15, -0.1) is 10.2 Å². The molecule has 0 amide bonds. The van der Waals surface area contributed by atoms with Crippen LogP contribution in [0.3, 0.4) is 0 Å². The number of benzene rings is 2. The van der Waals surface area contributed by atoms with Crippen LogP contribution >= 0.6 is 0 Å². The lowest BCUT2D eigenvalue weighted by atomic mass is 10.2. The Balaban J connectivity index is 1.46. The molecule has 1 aromatic heterocycles. The Hall–Kier alpha value is -2.87. The van der Waals surface area contributed by atoms with Gasteiger partial charge in [0.25, 0.3) is 0 Å². The Morgan fingerprint density at radius 2 is 1.81 bits per heavy atom. The highest BCUT2D eigenvalue weighted by Gasteiger charge is 2.28. The molecule has 0 bridgehead atoms. The van der Waals surface area contributed by atoms with Gasteiger partial charge in [-0.1, -0.05) is 18.2 Å². The molecule has 1 fully saturated rings. The monoisotopic (exact) mass is 384 g/mol. The van der Waals surface area contributed by atoms with E-state index in [4.69, 9.17) is 4.42 Å². The first-order valence-corrected chi connectivity index (χ1v) is 10.4. The van der Waals surface area contributed by atoms with Crippen molar-refractivity contribution in [3.05, 3.63) is 60.5 Å². The summed E-state index contributed by atoms with van der Waals surface area (Å²) in [5.74, 6) is 1.18. The van der Waals surface area contributed by atoms with Crippen molar-refractivity contribution in [3.8, 4) is 11.5 Å². The highest BCUT2D eigenvalue weighted by atomic mass is 32.2. The SMILES string of the molecule is C[C@H](Nc1ccc(N2CCCS2(=O)=O)cc1)c1nnc(-c2ccccc2)o1. The van der Waals surface area contributed by atoms with Crippen LogP contribution in [0.25, 0.3) is 11.5 Å². The van der Waals surface area contributed by atoms with Crippen LogP contribution in [-0.4, -0.2) is 30.9 Å². The van der Waals surface area contributed by atoms with Crippen molar-refractivity contribution in [1.82, 2.24) is 10.2 Å². The van der Waals surface area contributed by atoms with Gasteiger partial charge in [0.05, 0.1) is 11.4 Å². The number of nitrogens with one attached hydrogen (secondary N) is 1. The van der Waals surface area contributed by atoms with E-state index in [1.165, 1.54) is 4.31 Å². The van der Waals surface area contributed by atoms with Gasteiger partial charge < -0.3 is 9.73 Å². The molecule has 1 N–H and O–H groups in total. The predicted octanol–water partition coefficient (Wildman–Crippen LogP) is 3.45. The third-order valence-electron chi connectivity index (χ3n) is 4.47. The minimum atomic E-state index is -3.16. The Morgan fingerprint density at radius 3 is 2.48 bits per heavy atom. The lowest BCUT2D eigenvalue weighted by Crippen LogP contribution is -2.24. The lowest BCUT2D eigenvalue weighted by molar-refractivity contribution is 0.485. The Bertz CT molecular complexity index is 1020. The molecule has 2 heterocycles. The summed E-state index contributed by atoms with van der Waals surface area (Å²) in [7, 11) is -3.16. The zero-order valence-electron chi connectivity index (χ0n) is 14.9. The fourth-order valence-corrected chi connectivity index (χ4v) is 4.64. The molecule has 1 aliphatic rings. The van der Waals surface area contributed by atoms with Gasteiger partial charge in [0.2, 0.25) is 21.8 Å². The van der Waals surface area contributed by atoms with Crippen molar-refractivity contribution in [2.75, 3.05) is 21.9 Å². The van der Waals surface area contributed by atoms with Gasteiger partial charge in [0.15, 0.2) is 0 Å². The van der Waals surface area contributed by atoms with Crippen LogP contribution in [0.2, 0.25) is 0 Å². The normalized spacial score (nSPS) is 17.0. The topological polar surface area (TPSA) is 88.3 Å². The molecule has 140 valence electrons. The summed E-state index contributed by atoms with van der Waals surface area (Å²) in [6.45, 7) is 2.47. The summed E-state index contributed by atoms with van der Waals surface area (Å²) < 4.78 is 31.3. The smallest absolute Gasteiger partial charge is 0.247 e. The first-order chi connectivity index (χ1) is 13.0. The summed E-state index contributed by atoms with van der Waals surface area (Å²) in [6, 6.07) is 16.7. The van der Waals surface area contributed by atoms with Crippen LogP contribution in [0.1, 0.15) is 25.3 Å². The van der Waals surface area contributed by atoms with Crippen molar-refractivity contribution in [2.45, 2.75) is 19.4 Å². The van der Waals surface area contributed by atoms with Crippen molar-refractivity contribution in [3.63, 3.8) is 0 Å². The second kappa shape index (κ2) is 7.03. The van der Waals surface area contributed by atoms with Crippen molar-refractivity contribution in [2.24, 2.45) is 0 Å². The molecule has 7 nitrogen and oxygen atoms in total. The maximum Gasteiger partial charge on any atom is 0.247 e. The molecule has 1 atom stereocenters. The van der Waals surface area contributed by atoms with Crippen molar-refractivity contribution < 1.29 is 12.8 Å². The molecule has 0 spiro atoms. The first kappa shape index (κ1) is 17.5. The molecule has 27 heavy (non-hydrogen) atoms. The molecule has 8 heteroatoms. The fourth-order valence-electron chi connectivity index (χ4n) is 3.07. The minimum Gasteiger partial charge on any atom is -0.418 e. The second-order valence-electron chi connectivity index (χ2n) is 6.47. The predicted molar refractivity (Wildman–Crippen MR) is 104 cm³/mol. The second-order valence-corrected chi connectivity index (χ2v) is 8.48. The van der Waals surface area contributed by atoms with E-state index in [2.05, 4.69) is 15.5 Å². The van der Waals surface area contributed by atoms with E-state index in [0.29, 0.717) is 30.4 Å². The van der Waals surface area contributed by atoms with E-state index in [0.717, 1.165) is 11.3 Å². The van der Waals surface area contributed by atoms with E-state index in [-0.39, 0.29) is 11.8 Å². The van der Waals surface area contributed by atoms with Crippen LogP contribution in [-0.2, 0) is 10.0 Å². The Labute approximate surface area is 158 Å². The molecular weight excluding hydrogens is 364 g/mol. The minimum absolute atomic E-state index is 0.184.